The van der Waals surface area contributed by atoms with E-state index in [1.54, 1.807) is 12.1 Å². The second-order valence-electron chi connectivity index (χ2n) is 9.19. The SMILES string of the molecule is CC(Oc1ccc(C2CCN(c3ccc(C#N)c(C(F)(F)F)c3)CC2)cc1)N1CCN(C(=O)O)CC1. The highest BCUT2D eigenvalue weighted by Gasteiger charge is 2.34. The summed E-state index contributed by atoms with van der Waals surface area (Å²) in [4.78, 5) is 16.5. The van der Waals surface area contributed by atoms with Crippen LogP contribution in [-0.2, 0) is 6.18 Å². The van der Waals surface area contributed by atoms with Crippen molar-refractivity contribution >= 4 is 11.8 Å². The van der Waals surface area contributed by atoms with Crippen LogP contribution in [0.5, 0.6) is 5.75 Å². The summed E-state index contributed by atoms with van der Waals surface area (Å²) in [6, 6.07) is 13.5. The molecule has 0 saturated carbocycles. The Morgan fingerprint density at radius 2 is 1.69 bits per heavy atom. The second-order valence-corrected chi connectivity index (χ2v) is 9.19. The average Bonchev–Trinajstić information content (AvgIpc) is 2.88. The van der Waals surface area contributed by atoms with Crippen LogP contribution < -0.4 is 9.64 Å². The van der Waals surface area contributed by atoms with Gasteiger partial charge in [-0.1, -0.05) is 12.1 Å². The number of rotatable bonds is 5. The number of benzene rings is 2. The molecule has 1 atom stereocenters. The summed E-state index contributed by atoms with van der Waals surface area (Å²) < 4.78 is 46.0. The number of anilines is 1. The van der Waals surface area contributed by atoms with E-state index in [9.17, 15) is 18.0 Å². The van der Waals surface area contributed by atoms with Crippen molar-refractivity contribution in [3.8, 4) is 11.8 Å². The zero-order valence-corrected chi connectivity index (χ0v) is 20.0. The summed E-state index contributed by atoms with van der Waals surface area (Å²) in [6.45, 7) is 5.37. The Balaban J connectivity index is 1.31. The fourth-order valence-electron chi connectivity index (χ4n) is 4.90. The number of nitriles is 1. The number of carboxylic acid groups (broad SMARTS) is 1. The molecule has 2 heterocycles. The zero-order valence-electron chi connectivity index (χ0n) is 20.0. The van der Waals surface area contributed by atoms with Crippen LogP contribution in [0.25, 0.3) is 0 Å². The molecule has 2 aliphatic heterocycles. The van der Waals surface area contributed by atoms with Crippen molar-refractivity contribution in [2.45, 2.75) is 38.1 Å². The summed E-state index contributed by atoms with van der Waals surface area (Å²) in [6.07, 6.45) is -4.01. The molecule has 36 heavy (non-hydrogen) atoms. The van der Waals surface area contributed by atoms with Gasteiger partial charge in [-0.15, -0.1) is 0 Å². The molecule has 0 aromatic heterocycles. The first-order chi connectivity index (χ1) is 17.2. The number of hydrogen-bond acceptors (Lipinski definition) is 5. The number of nitrogens with zero attached hydrogens (tertiary/aromatic N) is 4. The van der Waals surface area contributed by atoms with Gasteiger partial charge in [0.2, 0.25) is 0 Å². The summed E-state index contributed by atoms with van der Waals surface area (Å²) in [5.41, 5.74) is 0.403. The van der Waals surface area contributed by atoms with Crippen molar-refractivity contribution in [1.29, 1.82) is 5.26 Å². The number of hydrogen-bond donors (Lipinski definition) is 1. The van der Waals surface area contributed by atoms with Crippen LogP contribution in [0.1, 0.15) is 42.4 Å². The number of alkyl halides is 3. The van der Waals surface area contributed by atoms with Gasteiger partial charge in [0.1, 0.15) is 12.0 Å². The number of piperidine rings is 1. The first-order valence-electron chi connectivity index (χ1n) is 12.0. The lowest BCUT2D eigenvalue weighted by atomic mass is 9.89. The number of amides is 1. The maximum absolute atomic E-state index is 13.3. The van der Waals surface area contributed by atoms with Crippen LogP contribution in [-0.4, -0.2) is 66.5 Å². The van der Waals surface area contributed by atoms with Gasteiger partial charge in [0, 0.05) is 45.0 Å². The van der Waals surface area contributed by atoms with E-state index in [-0.39, 0.29) is 11.8 Å². The fraction of sp³-hybridized carbons (Fsp3) is 0.462. The van der Waals surface area contributed by atoms with Crippen LogP contribution >= 0.6 is 0 Å². The monoisotopic (exact) mass is 502 g/mol. The minimum atomic E-state index is -4.56. The standard InChI is InChI=1S/C26H29F3N4O3/c1-18(31-12-14-33(15-13-31)25(34)35)36-23-6-3-19(4-7-23)20-8-10-32(11-9-20)22-5-2-21(17-30)24(16-22)26(27,28)29/h2-7,16,18,20H,8-15H2,1H3,(H,34,35). The Hall–Kier alpha value is -3.45. The lowest BCUT2D eigenvalue weighted by molar-refractivity contribution is -0.137. The molecule has 1 N–H and O–H groups in total. The molecule has 192 valence electrons. The van der Waals surface area contributed by atoms with E-state index in [1.165, 1.54) is 16.5 Å². The lowest BCUT2D eigenvalue weighted by Gasteiger charge is -2.36. The van der Waals surface area contributed by atoms with E-state index in [0.717, 1.165) is 24.7 Å². The second kappa shape index (κ2) is 10.7. The average molecular weight is 503 g/mol. The van der Waals surface area contributed by atoms with Gasteiger partial charge in [0.05, 0.1) is 17.2 Å². The molecule has 10 heteroatoms. The fourth-order valence-corrected chi connectivity index (χ4v) is 4.90. The zero-order chi connectivity index (χ0) is 25.9. The lowest BCUT2D eigenvalue weighted by Crippen LogP contribution is -2.52. The maximum Gasteiger partial charge on any atom is 0.417 e. The van der Waals surface area contributed by atoms with Crippen molar-refractivity contribution < 1.29 is 27.8 Å². The van der Waals surface area contributed by atoms with Crippen LogP contribution in [0.15, 0.2) is 42.5 Å². The number of halogens is 3. The third-order valence-electron chi connectivity index (χ3n) is 7.05. The molecule has 0 spiro atoms. The third-order valence-corrected chi connectivity index (χ3v) is 7.05. The van der Waals surface area contributed by atoms with Gasteiger partial charge >= 0.3 is 12.3 Å². The normalized spacial score (nSPS) is 18.5. The van der Waals surface area contributed by atoms with E-state index in [4.69, 9.17) is 15.1 Å². The van der Waals surface area contributed by atoms with Gasteiger partial charge < -0.3 is 19.6 Å². The summed E-state index contributed by atoms with van der Waals surface area (Å²) >= 11 is 0. The molecule has 2 saturated heterocycles. The van der Waals surface area contributed by atoms with Gasteiger partial charge in [-0.05, 0) is 61.6 Å². The molecule has 0 radical (unpaired) electrons. The van der Waals surface area contributed by atoms with Crippen LogP contribution in [0.2, 0.25) is 0 Å². The van der Waals surface area contributed by atoms with Crippen LogP contribution in [0.4, 0.5) is 23.7 Å². The van der Waals surface area contributed by atoms with Gasteiger partial charge in [0.25, 0.3) is 0 Å². The first kappa shape index (κ1) is 25.6. The smallest absolute Gasteiger partial charge is 0.417 e. The Kier molecular flexibility index (Phi) is 7.59. The summed E-state index contributed by atoms with van der Waals surface area (Å²) in [5.74, 6) is 1.04. The van der Waals surface area contributed by atoms with E-state index in [1.807, 2.05) is 36.1 Å². The quantitative estimate of drug-likeness (QED) is 0.621. The highest BCUT2D eigenvalue weighted by molar-refractivity contribution is 5.65. The van der Waals surface area contributed by atoms with Crippen LogP contribution in [0, 0.1) is 11.3 Å². The molecule has 0 aliphatic carbocycles. The summed E-state index contributed by atoms with van der Waals surface area (Å²) in [7, 11) is 0. The molecular formula is C26H29F3N4O3. The first-order valence-corrected chi connectivity index (χ1v) is 12.0. The molecule has 4 rings (SSSR count). The minimum absolute atomic E-state index is 0.177. The molecule has 2 aromatic carbocycles. The van der Waals surface area contributed by atoms with Crippen molar-refractivity contribution in [1.82, 2.24) is 9.80 Å². The van der Waals surface area contributed by atoms with E-state index in [2.05, 4.69) is 4.90 Å². The minimum Gasteiger partial charge on any atom is -0.475 e. The Morgan fingerprint density at radius 1 is 1.06 bits per heavy atom. The van der Waals surface area contributed by atoms with E-state index < -0.39 is 17.8 Å². The Morgan fingerprint density at radius 3 is 2.25 bits per heavy atom. The van der Waals surface area contributed by atoms with Crippen molar-refractivity contribution in [2.75, 3.05) is 44.2 Å². The number of ether oxygens (including phenoxy) is 1. The highest BCUT2D eigenvalue weighted by Crippen LogP contribution is 2.36. The van der Waals surface area contributed by atoms with Gasteiger partial charge in [0.15, 0.2) is 0 Å². The predicted molar refractivity (Wildman–Crippen MR) is 128 cm³/mol. The molecule has 1 unspecified atom stereocenters. The molecule has 0 bridgehead atoms. The maximum atomic E-state index is 13.3. The summed E-state index contributed by atoms with van der Waals surface area (Å²) in [5, 5.41) is 18.1. The van der Waals surface area contributed by atoms with Crippen molar-refractivity contribution in [3.05, 3.63) is 59.2 Å². The van der Waals surface area contributed by atoms with Gasteiger partial charge in [-0.25, -0.2) is 4.79 Å². The highest BCUT2D eigenvalue weighted by atomic mass is 19.4. The Bertz CT molecular complexity index is 1100. The molecular weight excluding hydrogens is 473 g/mol. The van der Waals surface area contributed by atoms with Crippen molar-refractivity contribution in [2.24, 2.45) is 0 Å². The van der Waals surface area contributed by atoms with Gasteiger partial charge in [-0.2, -0.15) is 18.4 Å². The van der Waals surface area contributed by atoms with E-state index >= 15 is 0 Å². The topological polar surface area (TPSA) is 80.0 Å². The molecule has 2 aliphatic rings. The number of piperazine rings is 1. The largest absolute Gasteiger partial charge is 0.475 e. The van der Waals surface area contributed by atoms with E-state index in [0.29, 0.717) is 50.9 Å². The third kappa shape index (κ3) is 5.85. The Labute approximate surface area is 208 Å². The predicted octanol–water partition coefficient (Wildman–Crippen LogP) is 4.98. The van der Waals surface area contributed by atoms with Crippen LogP contribution in [0.3, 0.4) is 0 Å². The molecule has 2 aromatic rings. The molecule has 7 nitrogen and oxygen atoms in total. The number of carbonyl (C=O) groups is 1. The molecule has 2 fully saturated rings. The molecule has 1 amide bonds. The van der Waals surface area contributed by atoms with Crippen molar-refractivity contribution in [3.63, 3.8) is 0 Å². The van der Waals surface area contributed by atoms with Gasteiger partial charge in [-0.3, -0.25) is 4.90 Å².